The van der Waals surface area contributed by atoms with Crippen molar-refractivity contribution < 1.29 is 4.39 Å². The van der Waals surface area contributed by atoms with Crippen LogP contribution in [0.2, 0.25) is 5.02 Å². The van der Waals surface area contributed by atoms with Crippen LogP contribution in [0.25, 0.3) is 0 Å². The molecule has 1 aromatic carbocycles. The third-order valence-corrected chi connectivity index (χ3v) is 4.38. The van der Waals surface area contributed by atoms with Crippen molar-refractivity contribution in [1.29, 1.82) is 0 Å². The second-order valence-corrected chi connectivity index (χ2v) is 5.59. The summed E-state index contributed by atoms with van der Waals surface area (Å²) in [6, 6.07) is 3.59. The van der Waals surface area contributed by atoms with E-state index in [0.29, 0.717) is 16.0 Å². The van der Waals surface area contributed by atoms with Crippen molar-refractivity contribution in [3.8, 4) is 0 Å². The van der Waals surface area contributed by atoms with E-state index >= 15 is 0 Å². The summed E-state index contributed by atoms with van der Waals surface area (Å²) >= 11 is 9.13. The van der Waals surface area contributed by atoms with Gasteiger partial charge < -0.3 is 5.32 Å². The molecule has 2 unspecified atom stereocenters. The minimum Gasteiger partial charge on any atom is -0.313 e. The van der Waals surface area contributed by atoms with Crippen LogP contribution < -0.4 is 5.32 Å². The Labute approximate surface area is 116 Å². The van der Waals surface area contributed by atoms with Gasteiger partial charge in [0.2, 0.25) is 0 Å². The minimum atomic E-state index is -0.330. The zero-order valence-electron chi connectivity index (χ0n) is 10.4. The zero-order chi connectivity index (χ0) is 13.0. The Morgan fingerprint density at radius 3 is 2.65 bits per heavy atom. The molecule has 0 fully saturated rings. The molecule has 0 heterocycles. The fraction of sp³-hybridized carbons (Fsp3) is 0.538. The summed E-state index contributed by atoms with van der Waals surface area (Å²) in [5.41, 5.74) is 0.640. The lowest BCUT2D eigenvalue weighted by Crippen LogP contribution is -2.20. The third-order valence-electron chi connectivity index (χ3n) is 3.12. The van der Waals surface area contributed by atoms with E-state index < -0.39 is 0 Å². The second kappa shape index (κ2) is 6.72. The van der Waals surface area contributed by atoms with Gasteiger partial charge in [-0.25, -0.2) is 4.39 Å². The van der Waals surface area contributed by atoms with Crippen LogP contribution in [0.5, 0.6) is 0 Å². The van der Waals surface area contributed by atoms with Crippen LogP contribution in [-0.2, 0) is 0 Å². The van der Waals surface area contributed by atoms with Crippen molar-refractivity contribution in [2.75, 3.05) is 7.05 Å². The molecule has 0 aromatic heterocycles. The highest BCUT2D eigenvalue weighted by molar-refractivity contribution is 9.10. The first-order valence-electron chi connectivity index (χ1n) is 5.81. The van der Waals surface area contributed by atoms with Crippen molar-refractivity contribution in [2.45, 2.75) is 32.7 Å². The molecular weight excluding hydrogens is 305 g/mol. The van der Waals surface area contributed by atoms with Crippen LogP contribution in [-0.4, -0.2) is 7.05 Å². The fourth-order valence-corrected chi connectivity index (χ4v) is 2.26. The first kappa shape index (κ1) is 14.9. The number of rotatable bonds is 5. The lowest BCUT2D eigenvalue weighted by Gasteiger charge is -2.21. The predicted molar refractivity (Wildman–Crippen MR) is 75.0 cm³/mol. The number of hydrogen-bond donors (Lipinski definition) is 1. The van der Waals surface area contributed by atoms with Gasteiger partial charge in [-0.3, -0.25) is 0 Å². The molecule has 0 bridgehead atoms. The van der Waals surface area contributed by atoms with Gasteiger partial charge in [0, 0.05) is 16.1 Å². The smallest absolute Gasteiger partial charge is 0.147 e. The molecule has 1 nitrogen and oxygen atoms in total. The van der Waals surface area contributed by atoms with E-state index in [2.05, 4.69) is 35.1 Å². The van der Waals surface area contributed by atoms with Gasteiger partial charge in [-0.15, -0.1) is 0 Å². The first-order valence-corrected chi connectivity index (χ1v) is 6.99. The maximum absolute atomic E-state index is 14.1. The van der Waals surface area contributed by atoms with E-state index in [1.165, 1.54) is 0 Å². The van der Waals surface area contributed by atoms with Gasteiger partial charge in [0.1, 0.15) is 5.82 Å². The number of benzene rings is 1. The van der Waals surface area contributed by atoms with Gasteiger partial charge in [0.15, 0.2) is 0 Å². The summed E-state index contributed by atoms with van der Waals surface area (Å²) in [6.07, 6.45) is 1.99. The van der Waals surface area contributed by atoms with Crippen molar-refractivity contribution in [1.82, 2.24) is 5.32 Å². The van der Waals surface area contributed by atoms with E-state index in [1.54, 1.807) is 12.1 Å². The largest absolute Gasteiger partial charge is 0.313 e. The Balaban J connectivity index is 3.00. The molecule has 0 saturated heterocycles. The number of halogens is 3. The van der Waals surface area contributed by atoms with Crippen LogP contribution in [0.3, 0.4) is 0 Å². The Kier molecular flexibility index (Phi) is 5.90. The fourth-order valence-electron chi connectivity index (χ4n) is 1.78. The molecule has 1 N–H and O–H groups in total. The summed E-state index contributed by atoms with van der Waals surface area (Å²) in [5.74, 6) is 0.220. The lowest BCUT2D eigenvalue weighted by atomic mass is 9.94. The highest BCUT2D eigenvalue weighted by atomic mass is 79.9. The topological polar surface area (TPSA) is 12.0 Å². The summed E-state index contributed by atoms with van der Waals surface area (Å²) in [7, 11) is 1.85. The van der Waals surface area contributed by atoms with E-state index in [0.717, 1.165) is 12.8 Å². The molecule has 0 aliphatic heterocycles. The molecule has 0 amide bonds. The normalized spacial score (nSPS) is 14.7. The Hall–Kier alpha value is -0.120. The third kappa shape index (κ3) is 3.67. The molecule has 1 aromatic rings. The molecule has 0 aliphatic rings. The molecule has 0 saturated carbocycles. The second-order valence-electron chi connectivity index (χ2n) is 4.35. The van der Waals surface area contributed by atoms with Crippen molar-refractivity contribution >= 4 is 27.5 Å². The van der Waals surface area contributed by atoms with Gasteiger partial charge in [0.25, 0.3) is 0 Å². The molecule has 1 rings (SSSR count). The standard InChI is InChI=1S/C13H18BrClFN/c1-4-8(2)7-11(17-3)9-5-6-10(14)12(15)13(9)16/h5-6,8,11,17H,4,7H2,1-3H3. The van der Waals surface area contributed by atoms with Crippen LogP contribution in [0.4, 0.5) is 4.39 Å². The summed E-state index contributed by atoms with van der Waals surface area (Å²) in [6.45, 7) is 4.31. The average Bonchev–Trinajstić information content (AvgIpc) is 2.33. The van der Waals surface area contributed by atoms with E-state index in [9.17, 15) is 4.39 Å². The molecular formula is C13H18BrClFN. The minimum absolute atomic E-state index is 0.00977. The molecule has 0 aliphatic carbocycles. The number of nitrogens with one attached hydrogen (secondary N) is 1. The Morgan fingerprint density at radius 2 is 2.12 bits per heavy atom. The Bertz CT molecular complexity index is 384. The van der Waals surface area contributed by atoms with Crippen LogP contribution in [0, 0.1) is 11.7 Å². The van der Waals surface area contributed by atoms with Gasteiger partial charge in [0.05, 0.1) is 5.02 Å². The maximum atomic E-state index is 14.1. The molecule has 17 heavy (non-hydrogen) atoms. The lowest BCUT2D eigenvalue weighted by molar-refractivity contribution is 0.410. The zero-order valence-corrected chi connectivity index (χ0v) is 12.7. The SMILES string of the molecule is CCC(C)CC(NC)c1ccc(Br)c(Cl)c1F. The van der Waals surface area contributed by atoms with E-state index in [4.69, 9.17) is 11.6 Å². The van der Waals surface area contributed by atoms with Crippen molar-refractivity contribution in [3.63, 3.8) is 0 Å². The van der Waals surface area contributed by atoms with E-state index in [1.807, 2.05) is 7.05 Å². The Morgan fingerprint density at radius 1 is 1.47 bits per heavy atom. The molecule has 0 radical (unpaired) electrons. The highest BCUT2D eigenvalue weighted by Gasteiger charge is 2.19. The van der Waals surface area contributed by atoms with Crippen LogP contribution >= 0.6 is 27.5 Å². The maximum Gasteiger partial charge on any atom is 0.147 e. The average molecular weight is 323 g/mol. The van der Waals surface area contributed by atoms with Gasteiger partial charge in [-0.1, -0.05) is 37.9 Å². The van der Waals surface area contributed by atoms with Crippen molar-refractivity contribution in [2.24, 2.45) is 5.92 Å². The highest BCUT2D eigenvalue weighted by Crippen LogP contribution is 2.32. The van der Waals surface area contributed by atoms with Crippen LogP contribution in [0.1, 0.15) is 38.3 Å². The predicted octanol–water partition coefficient (Wildman–Crippen LogP) is 4.94. The number of hydrogen-bond acceptors (Lipinski definition) is 1. The summed E-state index contributed by atoms with van der Waals surface area (Å²) < 4.78 is 14.6. The molecule has 96 valence electrons. The monoisotopic (exact) mass is 321 g/mol. The summed E-state index contributed by atoms with van der Waals surface area (Å²) in [5, 5.41) is 3.32. The van der Waals surface area contributed by atoms with E-state index in [-0.39, 0.29) is 16.9 Å². The summed E-state index contributed by atoms with van der Waals surface area (Å²) in [4.78, 5) is 0. The van der Waals surface area contributed by atoms with Crippen molar-refractivity contribution in [3.05, 3.63) is 33.0 Å². The molecule has 2 atom stereocenters. The van der Waals surface area contributed by atoms with Gasteiger partial charge >= 0.3 is 0 Å². The first-order chi connectivity index (χ1) is 8.01. The molecule has 4 heteroatoms. The van der Waals surface area contributed by atoms with Gasteiger partial charge in [-0.05, 0) is 41.4 Å². The molecule has 0 spiro atoms. The van der Waals surface area contributed by atoms with Gasteiger partial charge in [-0.2, -0.15) is 0 Å². The quantitative estimate of drug-likeness (QED) is 0.757. The van der Waals surface area contributed by atoms with Crippen LogP contribution in [0.15, 0.2) is 16.6 Å².